The third-order valence-corrected chi connectivity index (χ3v) is 6.06. The van der Waals surface area contributed by atoms with Crippen LogP contribution >= 0.6 is 12.4 Å². The van der Waals surface area contributed by atoms with Crippen molar-refractivity contribution in [3.63, 3.8) is 0 Å². The van der Waals surface area contributed by atoms with Crippen LogP contribution in [0.15, 0.2) is 30.3 Å². The third kappa shape index (κ3) is 5.31. The normalized spacial score (nSPS) is 17.3. The number of rotatable bonds is 10. The van der Waals surface area contributed by atoms with Crippen molar-refractivity contribution in [2.75, 3.05) is 13.1 Å². The van der Waals surface area contributed by atoms with E-state index in [0.717, 1.165) is 45.2 Å². The lowest BCUT2D eigenvalue weighted by molar-refractivity contribution is -0.124. The van der Waals surface area contributed by atoms with Gasteiger partial charge >= 0.3 is 0 Å². The van der Waals surface area contributed by atoms with Crippen LogP contribution in [0, 0.1) is 0 Å². The van der Waals surface area contributed by atoms with E-state index in [2.05, 4.69) is 49.9 Å². The first kappa shape index (κ1) is 22.2. The Kier molecular flexibility index (Phi) is 9.74. The maximum atomic E-state index is 13.1. The van der Waals surface area contributed by atoms with Crippen LogP contribution in [0.1, 0.15) is 77.7 Å². The Balaban J connectivity index is 0.00000312. The number of ketones is 1. The first-order valence-electron chi connectivity index (χ1n) is 10.0. The fraction of sp³-hybridized carbons (Fsp3) is 0.682. The number of Topliss-reactive ketones (excluding diaryl/α,β-unsaturated/α-hetero) is 1. The molecule has 1 aliphatic carbocycles. The molecule has 0 bridgehead atoms. The summed E-state index contributed by atoms with van der Waals surface area (Å²) in [5, 5.41) is 0. The number of benzene rings is 1. The highest BCUT2D eigenvalue weighted by molar-refractivity contribution is 5.90. The van der Waals surface area contributed by atoms with Gasteiger partial charge in [-0.1, -0.05) is 63.9 Å². The Morgan fingerprint density at radius 2 is 1.68 bits per heavy atom. The van der Waals surface area contributed by atoms with Crippen LogP contribution in [-0.4, -0.2) is 29.8 Å². The summed E-state index contributed by atoms with van der Waals surface area (Å²) < 4.78 is 0. The molecule has 0 amide bonds. The van der Waals surface area contributed by atoms with Crippen LogP contribution in [0.4, 0.5) is 0 Å². The van der Waals surface area contributed by atoms with Gasteiger partial charge in [0.1, 0.15) is 5.78 Å². The number of nitrogens with zero attached hydrogens (tertiary/aromatic N) is 1. The van der Waals surface area contributed by atoms with Crippen molar-refractivity contribution in [3.05, 3.63) is 35.9 Å². The minimum Gasteiger partial charge on any atom is -0.301 e. The second kappa shape index (κ2) is 11.0. The summed E-state index contributed by atoms with van der Waals surface area (Å²) in [4.78, 5) is 15.7. The number of carbonyl (C=O) groups is 1. The molecule has 142 valence electrons. The molecule has 2 nitrogen and oxygen atoms in total. The molecule has 2 rings (SSSR count). The van der Waals surface area contributed by atoms with Crippen LogP contribution < -0.4 is 0 Å². The van der Waals surface area contributed by atoms with E-state index < -0.39 is 0 Å². The molecule has 0 saturated heterocycles. The molecule has 1 aliphatic rings. The molecule has 3 heteroatoms. The van der Waals surface area contributed by atoms with Crippen molar-refractivity contribution < 1.29 is 4.79 Å². The van der Waals surface area contributed by atoms with Gasteiger partial charge in [-0.25, -0.2) is 0 Å². The third-order valence-electron chi connectivity index (χ3n) is 6.06. The molecule has 1 atom stereocenters. The quantitative estimate of drug-likeness (QED) is 0.523. The van der Waals surface area contributed by atoms with Crippen LogP contribution in [0.3, 0.4) is 0 Å². The summed E-state index contributed by atoms with van der Waals surface area (Å²) in [6.07, 6.45) is 8.57. The van der Waals surface area contributed by atoms with Crippen molar-refractivity contribution in [2.45, 2.75) is 83.6 Å². The first-order valence-corrected chi connectivity index (χ1v) is 10.0. The van der Waals surface area contributed by atoms with Gasteiger partial charge in [0.25, 0.3) is 0 Å². The number of halogens is 1. The molecule has 25 heavy (non-hydrogen) atoms. The van der Waals surface area contributed by atoms with Crippen molar-refractivity contribution in [1.82, 2.24) is 4.90 Å². The SMILES string of the molecule is CCC(CCCC(=O)C1(c2ccccc2)CCCC1)N(CC)CC.Cl. The Bertz CT molecular complexity index is 492. The van der Waals surface area contributed by atoms with Gasteiger partial charge in [-0.2, -0.15) is 0 Å². The van der Waals surface area contributed by atoms with Crippen LogP contribution in [0.5, 0.6) is 0 Å². The van der Waals surface area contributed by atoms with Crippen molar-refractivity contribution in [2.24, 2.45) is 0 Å². The van der Waals surface area contributed by atoms with E-state index in [4.69, 9.17) is 0 Å². The van der Waals surface area contributed by atoms with Crippen molar-refractivity contribution in [1.29, 1.82) is 0 Å². The van der Waals surface area contributed by atoms with Crippen LogP contribution in [0.2, 0.25) is 0 Å². The smallest absolute Gasteiger partial charge is 0.143 e. The fourth-order valence-corrected chi connectivity index (χ4v) is 4.59. The van der Waals surface area contributed by atoms with Gasteiger partial charge in [-0.05, 0) is 50.8 Å². The second-order valence-corrected chi connectivity index (χ2v) is 7.25. The molecule has 0 aromatic heterocycles. The molecule has 0 aliphatic heterocycles. The zero-order valence-corrected chi connectivity index (χ0v) is 17.1. The largest absolute Gasteiger partial charge is 0.301 e. The molecular formula is C22H36ClNO. The van der Waals surface area contributed by atoms with Gasteiger partial charge in [0.15, 0.2) is 0 Å². The first-order chi connectivity index (χ1) is 11.7. The van der Waals surface area contributed by atoms with Gasteiger partial charge < -0.3 is 4.90 Å². The van der Waals surface area contributed by atoms with E-state index in [1.165, 1.54) is 24.8 Å². The average molecular weight is 366 g/mol. The highest BCUT2D eigenvalue weighted by Gasteiger charge is 2.41. The van der Waals surface area contributed by atoms with Gasteiger partial charge in [0.05, 0.1) is 5.41 Å². The topological polar surface area (TPSA) is 20.3 Å². The Morgan fingerprint density at radius 1 is 1.08 bits per heavy atom. The van der Waals surface area contributed by atoms with Crippen molar-refractivity contribution in [3.8, 4) is 0 Å². The molecule has 1 saturated carbocycles. The highest BCUT2D eigenvalue weighted by atomic mass is 35.5. The summed E-state index contributed by atoms with van der Waals surface area (Å²) in [5.74, 6) is 0.487. The van der Waals surface area contributed by atoms with E-state index >= 15 is 0 Å². The van der Waals surface area contributed by atoms with E-state index in [0.29, 0.717) is 11.8 Å². The fourth-order valence-electron chi connectivity index (χ4n) is 4.59. The lowest BCUT2D eigenvalue weighted by Crippen LogP contribution is -2.35. The highest BCUT2D eigenvalue weighted by Crippen LogP contribution is 2.42. The predicted octanol–water partition coefficient (Wildman–Crippen LogP) is 5.78. The van der Waals surface area contributed by atoms with E-state index in [-0.39, 0.29) is 17.8 Å². The molecule has 1 aromatic carbocycles. The van der Waals surface area contributed by atoms with E-state index in [1.54, 1.807) is 0 Å². The van der Waals surface area contributed by atoms with Crippen LogP contribution in [0.25, 0.3) is 0 Å². The average Bonchev–Trinajstić information content (AvgIpc) is 3.13. The predicted molar refractivity (Wildman–Crippen MR) is 110 cm³/mol. The monoisotopic (exact) mass is 365 g/mol. The maximum absolute atomic E-state index is 13.1. The summed E-state index contributed by atoms with van der Waals surface area (Å²) in [6.45, 7) is 8.96. The number of hydrogen-bond acceptors (Lipinski definition) is 2. The summed E-state index contributed by atoms with van der Waals surface area (Å²) in [6, 6.07) is 11.2. The molecule has 1 aromatic rings. The zero-order chi connectivity index (χ0) is 17.4. The zero-order valence-electron chi connectivity index (χ0n) is 16.3. The molecule has 0 spiro atoms. The van der Waals surface area contributed by atoms with E-state index in [1.807, 2.05) is 6.07 Å². The van der Waals surface area contributed by atoms with Crippen LogP contribution in [-0.2, 0) is 10.2 Å². The minimum atomic E-state index is -0.182. The van der Waals surface area contributed by atoms with E-state index in [9.17, 15) is 4.79 Å². The van der Waals surface area contributed by atoms with Crippen molar-refractivity contribution >= 4 is 18.2 Å². The minimum absolute atomic E-state index is 0. The van der Waals surface area contributed by atoms with Gasteiger partial charge in [-0.3, -0.25) is 4.79 Å². The summed E-state index contributed by atoms with van der Waals surface area (Å²) in [7, 11) is 0. The number of hydrogen-bond donors (Lipinski definition) is 0. The second-order valence-electron chi connectivity index (χ2n) is 7.25. The molecule has 1 fully saturated rings. The Morgan fingerprint density at radius 3 is 2.20 bits per heavy atom. The lowest BCUT2D eigenvalue weighted by Gasteiger charge is -2.30. The number of carbonyl (C=O) groups excluding carboxylic acids is 1. The molecule has 0 N–H and O–H groups in total. The molecule has 0 heterocycles. The Hall–Kier alpha value is -0.860. The summed E-state index contributed by atoms with van der Waals surface area (Å²) >= 11 is 0. The van der Waals surface area contributed by atoms with Gasteiger partial charge in [-0.15, -0.1) is 12.4 Å². The lowest BCUT2D eigenvalue weighted by atomic mass is 9.74. The van der Waals surface area contributed by atoms with Gasteiger partial charge in [0.2, 0.25) is 0 Å². The molecular weight excluding hydrogens is 330 g/mol. The molecule has 0 radical (unpaired) electrons. The summed E-state index contributed by atoms with van der Waals surface area (Å²) in [5.41, 5.74) is 1.07. The molecule has 1 unspecified atom stereocenters. The standard InChI is InChI=1S/C22H35NO.ClH/c1-4-20(23(5-2)6-3)15-12-16-21(24)22(17-10-11-18-22)19-13-8-7-9-14-19;/h7-9,13-14,20H,4-6,10-12,15-18H2,1-3H3;1H. The van der Waals surface area contributed by atoms with Gasteiger partial charge in [0, 0.05) is 12.5 Å². The maximum Gasteiger partial charge on any atom is 0.143 e. The Labute approximate surface area is 160 Å².